The number of carbonyl (C=O) groups is 1. The Morgan fingerprint density at radius 1 is 1.31 bits per heavy atom. The second-order valence-electron chi connectivity index (χ2n) is 5.20. The molecule has 1 fully saturated rings. The van der Waals surface area contributed by atoms with Gasteiger partial charge in [0, 0.05) is 31.7 Å². The molecule has 0 aromatic carbocycles. The highest BCUT2D eigenvalue weighted by Crippen LogP contribution is 2.16. The molecule has 0 aromatic rings. The molecule has 0 bridgehead atoms. The molecule has 0 spiro atoms. The molecule has 0 radical (unpaired) electrons. The summed E-state index contributed by atoms with van der Waals surface area (Å²) in [5.74, 6) is -0.302. The van der Waals surface area contributed by atoms with Crippen molar-refractivity contribution in [2.45, 2.75) is 32.4 Å². The van der Waals surface area contributed by atoms with Gasteiger partial charge in [-0.25, -0.2) is 0 Å². The van der Waals surface area contributed by atoms with Crippen LogP contribution in [0.4, 0.5) is 0 Å². The Hall–Kier alpha value is -0.650. The molecule has 5 heteroatoms. The minimum Gasteiger partial charge on any atom is -0.443 e. The van der Waals surface area contributed by atoms with E-state index in [1.54, 1.807) is 4.90 Å². The number of aliphatic hydroxyl groups is 1. The van der Waals surface area contributed by atoms with E-state index in [0.717, 1.165) is 13.1 Å². The highest BCUT2D eigenvalue weighted by Gasteiger charge is 2.30. The van der Waals surface area contributed by atoms with Gasteiger partial charge in [-0.05, 0) is 20.8 Å². The van der Waals surface area contributed by atoms with E-state index in [-0.39, 0.29) is 18.1 Å². The molecule has 1 amide bonds. The third-order valence-corrected chi connectivity index (χ3v) is 3.02. The summed E-state index contributed by atoms with van der Waals surface area (Å²) in [6, 6.07) is 0. The van der Waals surface area contributed by atoms with Crippen molar-refractivity contribution in [3.8, 4) is 0 Å². The maximum Gasteiger partial charge on any atom is 0.259 e. The Labute approximate surface area is 96.7 Å². The molecule has 1 rings (SSSR count). The molecule has 0 aromatic heterocycles. The van der Waals surface area contributed by atoms with Gasteiger partial charge in [0.05, 0.1) is 0 Å². The van der Waals surface area contributed by atoms with Gasteiger partial charge in [0.1, 0.15) is 0 Å². The van der Waals surface area contributed by atoms with Gasteiger partial charge < -0.3 is 15.1 Å². The Bertz CT molecular complexity index is 242. The van der Waals surface area contributed by atoms with Crippen molar-refractivity contribution >= 4 is 5.91 Å². The molecule has 16 heavy (non-hydrogen) atoms. The molecule has 1 aliphatic heterocycles. The quantitative estimate of drug-likeness (QED) is 0.621. The van der Waals surface area contributed by atoms with Gasteiger partial charge in [0.15, 0.2) is 6.61 Å². The van der Waals surface area contributed by atoms with Gasteiger partial charge >= 0.3 is 0 Å². The summed E-state index contributed by atoms with van der Waals surface area (Å²) in [6.07, 6.45) is -1.15. The van der Waals surface area contributed by atoms with Crippen molar-refractivity contribution in [2.75, 3.05) is 32.8 Å². The molecule has 1 aliphatic rings. The number of carbonyl (C=O) groups excluding carboxylic acids is 1. The van der Waals surface area contributed by atoms with E-state index in [1.165, 1.54) is 0 Å². The van der Waals surface area contributed by atoms with Crippen LogP contribution in [0.15, 0.2) is 0 Å². The van der Waals surface area contributed by atoms with E-state index in [2.05, 4.69) is 25.7 Å². The van der Waals surface area contributed by atoms with Crippen molar-refractivity contribution in [3.63, 3.8) is 0 Å². The largest absolute Gasteiger partial charge is 0.443 e. The van der Waals surface area contributed by atoms with Gasteiger partial charge in [-0.3, -0.25) is 9.69 Å². The number of hydrogen-bond donors (Lipinski definition) is 1. The first-order valence-corrected chi connectivity index (χ1v) is 5.72. The van der Waals surface area contributed by atoms with E-state index < -0.39 is 6.10 Å². The number of piperazine rings is 1. The van der Waals surface area contributed by atoms with Crippen LogP contribution < -0.4 is 0 Å². The molecule has 0 aliphatic carbocycles. The van der Waals surface area contributed by atoms with Crippen LogP contribution in [0.1, 0.15) is 20.8 Å². The minimum atomic E-state index is -1.15. The predicted octanol–water partition coefficient (Wildman–Crippen LogP) is -0.985. The zero-order valence-electron chi connectivity index (χ0n) is 10.4. The lowest BCUT2D eigenvalue weighted by molar-refractivity contribution is -0.144. The van der Waals surface area contributed by atoms with Crippen LogP contribution in [0, 0.1) is 0 Å². The highest BCUT2D eigenvalue weighted by atomic mass is 16.3. The molecule has 1 saturated heterocycles. The Morgan fingerprint density at radius 2 is 1.81 bits per heavy atom. The molecule has 1 unspecified atom stereocenters. The van der Waals surface area contributed by atoms with Crippen LogP contribution in [0.5, 0.6) is 0 Å². The third-order valence-electron chi connectivity index (χ3n) is 3.02. The lowest BCUT2D eigenvalue weighted by atomic mass is 10.0. The average Bonchev–Trinajstić information content (AvgIpc) is 2.26. The highest BCUT2D eigenvalue weighted by molar-refractivity contribution is 5.80. The van der Waals surface area contributed by atoms with E-state index in [9.17, 15) is 9.90 Å². The van der Waals surface area contributed by atoms with Crippen molar-refractivity contribution in [1.82, 2.24) is 9.80 Å². The lowest BCUT2D eigenvalue weighted by Gasteiger charge is -2.42. The first-order chi connectivity index (χ1) is 7.36. The van der Waals surface area contributed by atoms with Crippen molar-refractivity contribution in [2.24, 2.45) is 0 Å². The van der Waals surface area contributed by atoms with Gasteiger partial charge in [0.25, 0.3) is 5.91 Å². The summed E-state index contributed by atoms with van der Waals surface area (Å²) < 4.78 is 0. The summed E-state index contributed by atoms with van der Waals surface area (Å²) in [5.41, 5.74) is 0.128. The summed E-state index contributed by atoms with van der Waals surface area (Å²) in [6.45, 7) is 9.17. The first kappa shape index (κ1) is 13.4. The first-order valence-electron chi connectivity index (χ1n) is 5.72. The molecule has 5 nitrogen and oxygen atoms in total. The van der Waals surface area contributed by atoms with Crippen LogP contribution in [0.25, 0.3) is 0 Å². The number of hydrogen-bond acceptors (Lipinski definition) is 3. The second kappa shape index (κ2) is 5.12. The van der Waals surface area contributed by atoms with Gasteiger partial charge in [-0.15, -0.1) is 0 Å². The van der Waals surface area contributed by atoms with Crippen molar-refractivity contribution in [1.29, 1.82) is 0 Å². The smallest absolute Gasteiger partial charge is 0.259 e. The van der Waals surface area contributed by atoms with Crippen molar-refractivity contribution in [3.05, 3.63) is 0 Å². The molecular formula is C11H23N2O3+. The van der Waals surface area contributed by atoms with Gasteiger partial charge in [-0.1, -0.05) is 0 Å². The SMILES string of the molecule is CC(C)(C)N1CCN(C(=O)C(O)C[OH2+])CC1. The zero-order valence-corrected chi connectivity index (χ0v) is 10.4. The fraction of sp³-hybridized carbons (Fsp3) is 0.909. The van der Waals surface area contributed by atoms with E-state index in [0.29, 0.717) is 13.1 Å². The monoisotopic (exact) mass is 231 g/mol. The number of amides is 1. The summed E-state index contributed by atoms with van der Waals surface area (Å²) in [4.78, 5) is 15.6. The van der Waals surface area contributed by atoms with Crippen LogP contribution in [-0.4, -0.2) is 70.3 Å². The van der Waals surface area contributed by atoms with Gasteiger partial charge in [-0.2, -0.15) is 0 Å². The number of rotatable bonds is 2. The predicted molar refractivity (Wildman–Crippen MR) is 62.4 cm³/mol. The lowest BCUT2D eigenvalue weighted by Crippen LogP contribution is -2.56. The average molecular weight is 231 g/mol. The minimum absolute atomic E-state index is 0.128. The van der Waals surface area contributed by atoms with E-state index in [1.807, 2.05) is 0 Å². The Kier molecular flexibility index (Phi) is 4.29. The van der Waals surface area contributed by atoms with Gasteiger partial charge in [0.2, 0.25) is 6.10 Å². The maximum atomic E-state index is 11.6. The van der Waals surface area contributed by atoms with E-state index >= 15 is 0 Å². The zero-order chi connectivity index (χ0) is 12.3. The Morgan fingerprint density at radius 3 is 2.19 bits per heavy atom. The fourth-order valence-electron chi connectivity index (χ4n) is 1.90. The molecule has 3 N–H and O–H groups in total. The number of nitrogens with zero attached hydrogens (tertiary/aromatic N) is 2. The third kappa shape index (κ3) is 3.17. The maximum absolute atomic E-state index is 11.6. The molecule has 94 valence electrons. The molecule has 1 heterocycles. The summed E-state index contributed by atoms with van der Waals surface area (Å²) in [5, 5.41) is 16.3. The van der Waals surface area contributed by atoms with Crippen LogP contribution in [0.3, 0.4) is 0 Å². The molecule has 0 saturated carbocycles. The number of aliphatic hydroxyl groups excluding tert-OH is 1. The van der Waals surface area contributed by atoms with E-state index in [4.69, 9.17) is 5.11 Å². The Balaban J connectivity index is 2.46. The second-order valence-corrected chi connectivity index (χ2v) is 5.20. The normalized spacial score (nSPS) is 20.9. The standard InChI is InChI=1S/C11H22N2O3/c1-11(2,3)13-6-4-12(5-7-13)10(16)9(15)8-14/h9,14-15H,4-8H2,1-3H3/p+1. The summed E-state index contributed by atoms with van der Waals surface area (Å²) in [7, 11) is 0. The molecule has 1 atom stereocenters. The van der Waals surface area contributed by atoms with Crippen LogP contribution >= 0.6 is 0 Å². The van der Waals surface area contributed by atoms with Crippen LogP contribution in [0.2, 0.25) is 0 Å². The summed E-state index contributed by atoms with van der Waals surface area (Å²) >= 11 is 0. The molecular weight excluding hydrogens is 208 g/mol. The van der Waals surface area contributed by atoms with Crippen LogP contribution in [-0.2, 0) is 4.79 Å². The van der Waals surface area contributed by atoms with Crippen molar-refractivity contribution < 1.29 is 15.0 Å². The topological polar surface area (TPSA) is 66.7 Å². The fourth-order valence-corrected chi connectivity index (χ4v) is 1.90.